The molecule has 18 N–H and O–H groups in total. The lowest BCUT2D eigenvalue weighted by molar-refractivity contribution is -0.307. The summed E-state index contributed by atoms with van der Waals surface area (Å²) in [4.78, 5) is 12.0. The largest absolute Gasteiger partial charge is 0.394 e. The van der Waals surface area contributed by atoms with Gasteiger partial charge in [-0.15, -0.1) is 12.3 Å². The van der Waals surface area contributed by atoms with Crippen molar-refractivity contribution < 1.29 is 69.0 Å². The van der Waals surface area contributed by atoms with E-state index < -0.39 is 123 Å². The monoisotopic (exact) mass is 708 g/mol. The second-order valence-electron chi connectivity index (χ2n) is 12.9. The van der Waals surface area contributed by atoms with Gasteiger partial charge in [0.1, 0.15) is 72.9 Å². The number of nitrogens with one attached hydrogen (secondary N) is 1. The first kappa shape index (κ1) is 40.2. The number of hydrogen-bond acceptors (Lipinski definition) is 20. The van der Waals surface area contributed by atoms with E-state index in [0.717, 1.165) is 0 Å². The molecule has 0 aromatic rings. The maximum atomic E-state index is 12.0. The molecule has 0 aromatic carbocycles. The molecule has 0 unspecified atom stereocenters. The SMILES string of the molecule is C#CCCC(=O)CNC[C@@H]1O[C@H](O[C@H]2[C@@H](O)[C@H](O[C@@H]3[C@@H](O)[C@H](N)C[C@H](N)[C@H]3O[C@H]3O[C@H](CN)[C@@H](O)[C@H](O)[C@H]3N)O[C@@H]2CO)[C@H](N)[C@@H](O)[C@@H]1O. The number of ketones is 1. The van der Waals surface area contributed by atoms with Gasteiger partial charge in [-0.25, -0.2) is 0 Å². The normalized spacial score (nSPS) is 47.5. The van der Waals surface area contributed by atoms with E-state index in [1.807, 2.05) is 0 Å². The molecule has 0 radical (unpaired) electrons. The molecule has 0 bridgehead atoms. The van der Waals surface area contributed by atoms with E-state index in [9.17, 15) is 40.5 Å². The highest BCUT2D eigenvalue weighted by Gasteiger charge is 2.54. The van der Waals surface area contributed by atoms with Crippen molar-refractivity contribution in [2.45, 2.75) is 136 Å². The minimum atomic E-state index is -1.66. The van der Waals surface area contributed by atoms with E-state index in [1.54, 1.807) is 0 Å². The third-order valence-electron chi connectivity index (χ3n) is 9.35. The molecule has 4 rings (SSSR count). The van der Waals surface area contributed by atoms with E-state index in [2.05, 4.69) is 11.2 Å². The Morgan fingerprint density at radius 2 is 1.29 bits per heavy atom. The van der Waals surface area contributed by atoms with E-state index in [1.165, 1.54) is 0 Å². The Morgan fingerprint density at radius 3 is 1.88 bits per heavy atom. The zero-order valence-electron chi connectivity index (χ0n) is 26.9. The average Bonchev–Trinajstić information content (AvgIpc) is 3.37. The predicted molar refractivity (Wildman–Crippen MR) is 165 cm³/mol. The first-order valence-corrected chi connectivity index (χ1v) is 16.2. The molecule has 282 valence electrons. The Balaban J connectivity index is 1.44. The number of Topliss-reactive ketones (excluding diaryl/α,β-unsaturated/α-hetero) is 1. The number of ether oxygens (including phenoxy) is 6. The van der Waals surface area contributed by atoms with Crippen molar-refractivity contribution >= 4 is 5.78 Å². The third-order valence-corrected chi connectivity index (χ3v) is 9.35. The third kappa shape index (κ3) is 9.10. The van der Waals surface area contributed by atoms with Crippen molar-refractivity contribution in [2.75, 3.05) is 26.2 Å². The molecule has 20 heteroatoms. The molecule has 3 heterocycles. The Morgan fingerprint density at radius 1 is 0.735 bits per heavy atom. The van der Waals surface area contributed by atoms with E-state index in [0.29, 0.717) is 0 Å². The summed E-state index contributed by atoms with van der Waals surface area (Å²) in [6.45, 7) is -1.00. The summed E-state index contributed by atoms with van der Waals surface area (Å²) in [5.41, 5.74) is 30.3. The van der Waals surface area contributed by atoms with E-state index in [-0.39, 0.29) is 44.7 Å². The Kier molecular flexibility index (Phi) is 14.6. The highest BCUT2D eigenvalue weighted by molar-refractivity contribution is 5.80. The molecule has 0 aromatic heterocycles. The molecular formula is C29H52N6O14. The van der Waals surface area contributed by atoms with Gasteiger partial charge in [0.15, 0.2) is 18.9 Å². The summed E-state index contributed by atoms with van der Waals surface area (Å²) in [7, 11) is 0. The van der Waals surface area contributed by atoms with Crippen LogP contribution in [0.2, 0.25) is 0 Å². The summed E-state index contributed by atoms with van der Waals surface area (Å²) >= 11 is 0. The first-order valence-electron chi connectivity index (χ1n) is 16.2. The van der Waals surface area contributed by atoms with Crippen molar-refractivity contribution in [1.82, 2.24) is 5.32 Å². The molecule has 19 atom stereocenters. The minimum Gasteiger partial charge on any atom is -0.394 e. The molecule has 1 aliphatic carbocycles. The van der Waals surface area contributed by atoms with Gasteiger partial charge in [-0.3, -0.25) is 4.79 Å². The van der Waals surface area contributed by atoms with Crippen LogP contribution >= 0.6 is 0 Å². The molecule has 0 amide bonds. The van der Waals surface area contributed by atoms with Crippen molar-refractivity contribution in [3.05, 3.63) is 0 Å². The Hall–Kier alpha value is -1.53. The van der Waals surface area contributed by atoms with Crippen LogP contribution < -0.4 is 34.0 Å². The zero-order valence-corrected chi connectivity index (χ0v) is 26.9. The zero-order chi connectivity index (χ0) is 36.2. The van der Waals surface area contributed by atoms with Gasteiger partial charge in [0.25, 0.3) is 0 Å². The van der Waals surface area contributed by atoms with E-state index >= 15 is 0 Å². The molecule has 4 fully saturated rings. The highest BCUT2D eigenvalue weighted by atomic mass is 16.8. The molecule has 0 spiro atoms. The number of carbonyl (C=O) groups excluding carboxylic acids is 1. The first-order chi connectivity index (χ1) is 23.2. The van der Waals surface area contributed by atoms with Crippen LogP contribution in [0.5, 0.6) is 0 Å². The summed E-state index contributed by atoms with van der Waals surface area (Å²) in [6, 6.07) is -4.33. The van der Waals surface area contributed by atoms with Crippen LogP contribution in [-0.2, 0) is 33.2 Å². The van der Waals surface area contributed by atoms with Crippen LogP contribution in [-0.4, -0.2) is 184 Å². The molecule has 3 saturated heterocycles. The molecular weight excluding hydrogens is 656 g/mol. The van der Waals surface area contributed by atoms with Gasteiger partial charge in [-0.05, 0) is 6.42 Å². The quantitative estimate of drug-likeness (QED) is 0.0745. The Labute approximate surface area is 283 Å². The number of terminal acetylenes is 1. The maximum absolute atomic E-state index is 12.0. The van der Waals surface area contributed by atoms with Crippen LogP contribution in [0.3, 0.4) is 0 Å². The Bertz CT molecular complexity index is 1110. The van der Waals surface area contributed by atoms with Crippen LogP contribution in [0.1, 0.15) is 19.3 Å². The van der Waals surface area contributed by atoms with Gasteiger partial charge >= 0.3 is 0 Å². The van der Waals surface area contributed by atoms with Crippen molar-refractivity contribution in [3.8, 4) is 12.3 Å². The lowest BCUT2D eigenvalue weighted by atomic mass is 9.84. The van der Waals surface area contributed by atoms with E-state index in [4.69, 9.17) is 63.5 Å². The van der Waals surface area contributed by atoms with Crippen molar-refractivity contribution in [1.29, 1.82) is 0 Å². The summed E-state index contributed by atoms with van der Waals surface area (Å²) in [5, 5.41) is 77.1. The summed E-state index contributed by atoms with van der Waals surface area (Å²) < 4.78 is 35.2. The molecule has 3 aliphatic heterocycles. The second-order valence-corrected chi connectivity index (χ2v) is 12.9. The summed E-state index contributed by atoms with van der Waals surface area (Å²) in [6.07, 6.45) is -14.9. The predicted octanol–water partition coefficient (Wildman–Crippen LogP) is -8.28. The van der Waals surface area contributed by atoms with Gasteiger partial charge in [0.05, 0.1) is 31.3 Å². The molecule has 1 saturated carbocycles. The fraction of sp³-hybridized carbons (Fsp3) is 0.897. The van der Waals surface area contributed by atoms with Crippen LogP contribution in [0.15, 0.2) is 0 Å². The van der Waals surface area contributed by atoms with Crippen LogP contribution in [0, 0.1) is 12.3 Å². The van der Waals surface area contributed by atoms with Crippen molar-refractivity contribution in [3.63, 3.8) is 0 Å². The van der Waals surface area contributed by atoms with Gasteiger partial charge in [-0.1, -0.05) is 0 Å². The molecule has 4 aliphatic rings. The molecule has 20 nitrogen and oxygen atoms in total. The van der Waals surface area contributed by atoms with Gasteiger partial charge in [0.2, 0.25) is 0 Å². The number of carbonyl (C=O) groups is 1. The van der Waals surface area contributed by atoms with Gasteiger partial charge in [0, 0.05) is 38.0 Å². The number of hydrogen-bond donors (Lipinski definition) is 13. The molecule has 49 heavy (non-hydrogen) atoms. The lowest BCUT2D eigenvalue weighted by Gasteiger charge is -2.47. The topological polar surface area (TPSA) is 356 Å². The number of aliphatic hydroxyl groups is 7. The van der Waals surface area contributed by atoms with Crippen molar-refractivity contribution in [2.24, 2.45) is 28.7 Å². The van der Waals surface area contributed by atoms with Crippen LogP contribution in [0.4, 0.5) is 0 Å². The summed E-state index contributed by atoms with van der Waals surface area (Å²) in [5.74, 6) is 2.21. The standard InChI is InChI=1S/C29H52N6O14/c1-2-3-4-10(37)7-35-8-14-20(40)22(42)17(34)28(45-14)48-25-15(9-36)46-29(23(25)43)49-26-18(38)11(31)5-12(32)24(26)47-27-16(33)21(41)19(39)13(6-30)44-27/h1,11-29,35-36,38-43H,3-9,30-34H2/t11-,12+,13-,14+,15-,16-,17-,18+,19-,20-,21-,22-,23-,24-,25-,26-,27-,28-,29+/m1/s1. The van der Waals surface area contributed by atoms with Crippen LogP contribution in [0.25, 0.3) is 0 Å². The number of aliphatic hydroxyl groups excluding tert-OH is 7. The number of rotatable bonds is 14. The lowest BCUT2D eigenvalue weighted by Crippen LogP contribution is -2.68. The maximum Gasteiger partial charge on any atom is 0.187 e. The fourth-order valence-electron chi connectivity index (χ4n) is 6.37. The minimum absolute atomic E-state index is 0.0668. The van der Waals surface area contributed by atoms with Gasteiger partial charge in [-0.2, -0.15) is 0 Å². The second kappa shape index (κ2) is 17.8. The highest BCUT2D eigenvalue weighted by Crippen LogP contribution is 2.34. The smallest absolute Gasteiger partial charge is 0.187 e. The fourth-order valence-corrected chi connectivity index (χ4v) is 6.37. The number of nitrogens with two attached hydrogens (primary N) is 5. The van der Waals surface area contributed by atoms with Gasteiger partial charge < -0.3 is 98.2 Å². The average molecular weight is 709 g/mol.